The highest BCUT2D eigenvalue weighted by Crippen LogP contribution is 2.51. The Bertz CT molecular complexity index is 806. The Morgan fingerprint density at radius 2 is 2.04 bits per heavy atom. The minimum absolute atomic E-state index is 0.0163. The van der Waals surface area contributed by atoms with Crippen LogP contribution in [0.3, 0.4) is 0 Å². The van der Waals surface area contributed by atoms with Crippen LogP contribution in [-0.2, 0) is 26.5 Å². The average Bonchev–Trinajstić information content (AvgIpc) is 3.20. The summed E-state index contributed by atoms with van der Waals surface area (Å²) in [7, 11) is 0. The van der Waals surface area contributed by atoms with Gasteiger partial charge in [-0.05, 0) is 31.4 Å². The first-order valence-electron chi connectivity index (χ1n) is 8.79. The van der Waals surface area contributed by atoms with Crippen molar-refractivity contribution in [3.63, 3.8) is 0 Å². The predicted octanol–water partition coefficient (Wildman–Crippen LogP) is 3.42. The van der Waals surface area contributed by atoms with Crippen molar-refractivity contribution in [1.29, 1.82) is 0 Å². The molecule has 138 valence electrons. The average molecular weight is 396 g/mol. The van der Waals surface area contributed by atoms with E-state index in [4.69, 9.17) is 37.4 Å². The van der Waals surface area contributed by atoms with E-state index in [0.29, 0.717) is 42.0 Å². The minimum atomic E-state index is -1.01. The van der Waals surface area contributed by atoms with Crippen molar-refractivity contribution in [2.75, 3.05) is 13.2 Å². The van der Waals surface area contributed by atoms with Crippen molar-refractivity contribution in [2.24, 2.45) is 5.41 Å². The smallest absolute Gasteiger partial charge is 0.216 e. The van der Waals surface area contributed by atoms with Crippen LogP contribution in [0.5, 0.6) is 0 Å². The molecule has 3 heterocycles. The highest BCUT2D eigenvalue weighted by molar-refractivity contribution is 6.35. The van der Waals surface area contributed by atoms with Gasteiger partial charge in [0, 0.05) is 16.0 Å². The van der Waals surface area contributed by atoms with E-state index in [1.54, 1.807) is 23.1 Å². The van der Waals surface area contributed by atoms with Crippen LogP contribution in [0.1, 0.15) is 24.8 Å². The third kappa shape index (κ3) is 2.94. The molecule has 0 bridgehead atoms. The molecule has 1 aromatic heterocycles. The van der Waals surface area contributed by atoms with Crippen molar-refractivity contribution in [1.82, 2.24) is 14.8 Å². The molecule has 5 rings (SSSR count). The number of fused-ring (bicyclic) bond motifs is 1. The molecule has 8 heteroatoms. The molecule has 2 saturated heterocycles. The van der Waals surface area contributed by atoms with E-state index < -0.39 is 5.79 Å². The van der Waals surface area contributed by atoms with Crippen molar-refractivity contribution >= 4 is 23.2 Å². The van der Waals surface area contributed by atoms with Gasteiger partial charge in [-0.15, -0.1) is 0 Å². The van der Waals surface area contributed by atoms with Crippen molar-refractivity contribution in [3.8, 4) is 0 Å². The quantitative estimate of drug-likeness (QED) is 0.744. The lowest BCUT2D eigenvalue weighted by molar-refractivity contribution is -0.323. The number of hydrogen-bond donors (Lipinski definition) is 0. The van der Waals surface area contributed by atoms with Gasteiger partial charge in [-0.3, -0.25) is 0 Å². The number of epoxide rings is 1. The first-order chi connectivity index (χ1) is 12.6. The van der Waals surface area contributed by atoms with Crippen molar-refractivity contribution in [2.45, 2.75) is 43.8 Å². The molecule has 3 aliphatic rings. The summed E-state index contributed by atoms with van der Waals surface area (Å²) in [5.41, 5.74) is 0.771. The number of aromatic nitrogens is 3. The van der Waals surface area contributed by atoms with Crippen LogP contribution in [0.4, 0.5) is 0 Å². The Hall–Kier alpha value is -1.18. The number of halogens is 2. The van der Waals surface area contributed by atoms with Gasteiger partial charge in [-0.25, -0.2) is 9.67 Å². The Morgan fingerprint density at radius 3 is 2.73 bits per heavy atom. The molecule has 0 radical (unpaired) electrons. The monoisotopic (exact) mass is 395 g/mol. The molecule has 1 spiro atoms. The van der Waals surface area contributed by atoms with E-state index in [1.165, 1.54) is 6.33 Å². The second-order valence-electron chi connectivity index (χ2n) is 7.50. The Kier molecular flexibility index (Phi) is 4.03. The molecule has 0 amide bonds. The molecule has 2 unspecified atom stereocenters. The van der Waals surface area contributed by atoms with E-state index in [2.05, 4.69) is 10.1 Å². The highest BCUT2D eigenvalue weighted by Gasteiger charge is 2.55. The summed E-state index contributed by atoms with van der Waals surface area (Å²) >= 11 is 12.6. The number of nitrogens with zero attached hydrogens (tertiary/aromatic N) is 3. The third-order valence-corrected chi connectivity index (χ3v) is 6.23. The minimum Gasteiger partial charge on any atom is -0.370 e. The van der Waals surface area contributed by atoms with Gasteiger partial charge >= 0.3 is 0 Å². The van der Waals surface area contributed by atoms with E-state index in [1.807, 2.05) is 6.07 Å². The SMILES string of the molecule is Clc1ccc(C2(Cn3cncn3)OCC3(CCC4OC4C3)CO2)c(Cl)c1. The summed E-state index contributed by atoms with van der Waals surface area (Å²) in [5, 5.41) is 5.30. The molecule has 2 atom stereocenters. The predicted molar refractivity (Wildman–Crippen MR) is 95.0 cm³/mol. The van der Waals surface area contributed by atoms with Gasteiger partial charge in [-0.2, -0.15) is 5.10 Å². The fraction of sp³-hybridized carbons (Fsp3) is 0.556. The standard InChI is InChI=1S/C18H19Cl2N3O3/c19-12-1-2-13(14(20)5-12)18(7-23-11-21-10-22-23)24-8-17(9-25-18)4-3-15-16(6-17)26-15/h1-2,5,10-11,15-16H,3-4,6-9H2. The maximum Gasteiger partial charge on any atom is 0.216 e. The fourth-order valence-electron chi connectivity index (χ4n) is 4.13. The van der Waals surface area contributed by atoms with Gasteiger partial charge in [0.2, 0.25) is 5.79 Å². The topological polar surface area (TPSA) is 61.7 Å². The largest absolute Gasteiger partial charge is 0.370 e. The molecule has 2 aromatic rings. The second kappa shape index (κ2) is 6.17. The van der Waals surface area contributed by atoms with Gasteiger partial charge in [0.05, 0.1) is 30.4 Å². The van der Waals surface area contributed by atoms with Crippen LogP contribution < -0.4 is 0 Å². The second-order valence-corrected chi connectivity index (χ2v) is 8.35. The summed E-state index contributed by atoms with van der Waals surface area (Å²) in [6.45, 7) is 1.58. The molecule has 26 heavy (non-hydrogen) atoms. The van der Waals surface area contributed by atoms with Crippen molar-refractivity contribution in [3.05, 3.63) is 46.5 Å². The van der Waals surface area contributed by atoms with Crippen LogP contribution in [-0.4, -0.2) is 40.2 Å². The summed E-state index contributed by atoms with van der Waals surface area (Å²) < 4.78 is 20.2. The lowest BCUT2D eigenvalue weighted by atomic mass is 9.74. The number of ether oxygens (including phenoxy) is 3. The van der Waals surface area contributed by atoms with Gasteiger partial charge in [-0.1, -0.05) is 29.3 Å². The zero-order valence-corrected chi connectivity index (χ0v) is 15.6. The first-order valence-corrected chi connectivity index (χ1v) is 9.55. The van der Waals surface area contributed by atoms with E-state index in [0.717, 1.165) is 24.8 Å². The first kappa shape index (κ1) is 17.0. The molecule has 2 aliphatic heterocycles. The molecule has 1 saturated carbocycles. The van der Waals surface area contributed by atoms with Crippen LogP contribution in [0.2, 0.25) is 10.0 Å². The third-order valence-electron chi connectivity index (χ3n) is 5.68. The highest BCUT2D eigenvalue weighted by atomic mass is 35.5. The summed E-state index contributed by atoms with van der Waals surface area (Å²) in [5.74, 6) is -1.01. The molecular weight excluding hydrogens is 377 g/mol. The normalized spacial score (nSPS) is 36.1. The number of rotatable bonds is 3. The maximum absolute atomic E-state index is 6.49. The maximum atomic E-state index is 6.49. The summed E-state index contributed by atoms with van der Waals surface area (Å²) in [4.78, 5) is 4.02. The van der Waals surface area contributed by atoms with Crippen molar-refractivity contribution < 1.29 is 14.2 Å². The van der Waals surface area contributed by atoms with Crippen LogP contribution in [0.25, 0.3) is 0 Å². The molecule has 6 nitrogen and oxygen atoms in total. The molecular formula is C18H19Cl2N3O3. The zero-order valence-electron chi connectivity index (χ0n) is 14.1. The Morgan fingerprint density at radius 1 is 1.19 bits per heavy atom. The molecule has 1 aliphatic carbocycles. The number of benzene rings is 1. The molecule has 1 aromatic carbocycles. The van der Waals surface area contributed by atoms with E-state index in [9.17, 15) is 0 Å². The fourth-order valence-corrected chi connectivity index (χ4v) is 4.69. The Labute approximate surface area is 161 Å². The van der Waals surface area contributed by atoms with Crippen LogP contribution in [0.15, 0.2) is 30.9 Å². The van der Waals surface area contributed by atoms with Gasteiger partial charge in [0.15, 0.2) is 0 Å². The van der Waals surface area contributed by atoms with Crippen LogP contribution >= 0.6 is 23.2 Å². The van der Waals surface area contributed by atoms with Gasteiger partial charge in [0.25, 0.3) is 0 Å². The Balaban J connectivity index is 1.45. The van der Waals surface area contributed by atoms with E-state index >= 15 is 0 Å². The summed E-state index contributed by atoms with van der Waals surface area (Å²) in [6, 6.07) is 5.37. The molecule has 3 fully saturated rings. The lowest BCUT2D eigenvalue weighted by Gasteiger charge is -2.47. The van der Waals surface area contributed by atoms with E-state index in [-0.39, 0.29) is 5.41 Å². The molecule has 0 N–H and O–H groups in total. The summed E-state index contributed by atoms with van der Waals surface area (Å²) in [6.07, 6.45) is 7.09. The van der Waals surface area contributed by atoms with Crippen LogP contribution in [0, 0.1) is 5.41 Å². The zero-order chi connectivity index (χ0) is 17.8. The van der Waals surface area contributed by atoms with Gasteiger partial charge < -0.3 is 14.2 Å². The van der Waals surface area contributed by atoms with Gasteiger partial charge in [0.1, 0.15) is 19.2 Å². The number of hydrogen-bond acceptors (Lipinski definition) is 5. The lowest BCUT2D eigenvalue weighted by Crippen LogP contribution is -2.51.